The smallest absolute Gasteiger partial charge is 0.311 e. The molecular weight excluding hydrogens is 292 g/mol. The van der Waals surface area contributed by atoms with Crippen molar-refractivity contribution in [1.29, 1.82) is 0 Å². The predicted molar refractivity (Wildman–Crippen MR) is 91.9 cm³/mol. The molecule has 0 spiro atoms. The SMILES string of the molecule is C=C[C@H](C)[C@@H]1OC(C)(C)O[C@H]([C@@H](C)COC(=O)C(C)(C)C)[C@@H]1C. The molecule has 0 unspecified atom stereocenters. The second kappa shape index (κ2) is 7.35. The van der Waals surface area contributed by atoms with Gasteiger partial charge < -0.3 is 14.2 Å². The van der Waals surface area contributed by atoms with E-state index in [2.05, 4.69) is 27.4 Å². The van der Waals surface area contributed by atoms with Crippen molar-refractivity contribution in [3.8, 4) is 0 Å². The van der Waals surface area contributed by atoms with E-state index in [0.717, 1.165) is 0 Å². The number of hydrogen-bond acceptors (Lipinski definition) is 4. The van der Waals surface area contributed by atoms with Gasteiger partial charge in [-0.15, -0.1) is 6.58 Å². The Morgan fingerprint density at radius 3 is 2.26 bits per heavy atom. The van der Waals surface area contributed by atoms with Crippen LogP contribution in [0.3, 0.4) is 0 Å². The molecule has 23 heavy (non-hydrogen) atoms. The van der Waals surface area contributed by atoms with E-state index >= 15 is 0 Å². The van der Waals surface area contributed by atoms with Gasteiger partial charge in [0.05, 0.1) is 24.2 Å². The molecule has 0 aromatic heterocycles. The summed E-state index contributed by atoms with van der Waals surface area (Å²) in [5, 5.41) is 0. The van der Waals surface area contributed by atoms with Gasteiger partial charge >= 0.3 is 5.97 Å². The fourth-order valence-electron chi connectivity index (χ4n) is 2.96. The molecule has 5 atom stereocenters. The van der Waals surface area contributed by atoms with E-state index < -0.39 is 11.2 Å². The van der Waals surface area contributed by atoms with Gasteiger partial charge in [0.15, 0.2) is 5.79 Å². The first-order chi connectivity index (χ1) is 10.4. The van der Waals surface area contributed by atoms with Crippen LogP contribution in [0, 0.1) is 23.2 Å². The quantitative estimate of drug-likeness (QED) is 0.561. The predicted octanol–water partition coefficient (Wildman–Crippen LogP) is 4.19. The Kier molecular flexibility index (Phi) is 6.45. The lowest BCUT2D eigenvalue weighted by molar-refractivity contribution is -0.333. The molecule has 1 aliphatic rings. The number of carbonyl (C=O) groups is 1. The third-order valence-corrected chi connectivity index (χ3v) is 4.42. The summed E-state index contributed by atoms with van der Waals surface area (Å²) >= 11 is 0. The number of esters is 1. The zero-order valence-corrected chi connectivity index (χ0v) is 16.0. The molecule has 4 heteroatoms. The third-order valence-electron chi connectivity index (χ3n) is 4.42. The maximum absolute atomic E-state index is 12.0. The zero-order chi connectivity index (χ0) is 18.0. The van der Waals surface area contributed by atoms with Crippen molar-refractivity contribution in [3.63, 3.8) is 0 Å². The minimum absolute atomic E-state index is 0.0288. The molecule has 1 heterocycles. The lowest BCUT2D eigenvalue weighted by Gasteiger charge is -2.48. The largest absolute Gasteiger partial charge is 0.465 e. The van der Waals surface area contributed by atoms with Crippen LogP contribution in [0.1, 0.15) is 55.4 Å². The van der Waals surface area contributed by atoms with Gasteiger partial charge in [-0.25, -0.2) is 0 Å². The van der Waals surface area contributed by atoms with E-state index in [-0.39, 0.29) is 35.9 Å². The Labute approximate surface area is 141 Å². The van der Waals surface area contributed by atoms with Gasteiger partial charge in [-0.05, 0) is 34.6 Å². The molecule has 1 saturated heterocycles. The van der Waals surface area contributed by atoms with Crippen molar-refractivity contribution in [3.05, 3.63) is 12.7 Å². The monoisotopic (exact) mass is 326 g/mol. The van der Waals surface area contributed by atoms with Gasteiger partial charge in [0.2, 0.25) is 0 Å². The van der Waals surface area contributed by atoms with E-state index in [1.165, 1.54) is 0 Å². The van der Waals surface area contributed by atoms with Crippen molar-refractivity contribution in [2.45, 2.75) is 73.4 Å². The lowest BCUT2D eigenvalue weighted by atomic mass is 9.82. The molecule has 0 aliphatic carbocycles. The number of rotatable bonds is 5. The van der Waals surface area contributed by atoms with Crippen LogP contribution in [0.15, 0.2) is 12.7 Å². The highest BCUT2D eigenvalue weighted by Gasteiger charge is 2.44. The van der Waals surface area contributed by atoms with Gasteiger partial charge in [-0.1, -0.05) is 26.8 Å². The van der Waals surface area contributed by atoms with Gasteiger partial charge in [-0.3, -0.25) is 4.79 Å². The molecule has 1 rings (SSSR count). The molecule has 0 bridgehead atoms. The summed E-state index contributed by atoms with van der Waals surface area (Å²) in [5.41, 5.74) is -0.485. The summed E-state index contributed by atoms with van der Waals surface area (Å²) in [4.78, 5) is 12.0. The molecule has 0 aromatic rings. The third kappa shape index (κ3) is 5.32. The van der Waals surface area contributed by atoms with Gasteiger partial charge in [-0.2, -0.15) is 0 Å². The first-order valence-electron chi connectivity index (χ1n) is 8.54. The summed E-state index contributed by atoms with van der Waals surface area (Å²) < 4.78 is 17.7. The summed E-state index contributed by atoms with van der Waals surface area (Å²) in [5.74, 6) is -0.306. The Morgan fingerprint density at radius 1 is 1.26 bits per heavy atom. The van der Waals surface area contributed by atoms with Crippen molar-refractivity contribution in [2.24, 2.45) is 23.2 Å². The normalized spacial score (nSPS) is 30.3. The Hall–Kier alpha value is -0.870. The lowest BCUT2D eigenvalue weighted by Crippen LogP contribution is -2.54. The maximum Gasteiger partial charge on any atom is 0.311 e. The van der Waals surface area contributed by atoms with Gasteiger partial charge in [0.25, 0.3) is 0 Å². The fraction of sp³-hybridized carbons (Fsp3) is 0.842. The average Bonchev–Trinajstić information content (AvgIpc) is 2.44. The minimum atomic E-state index is -0.651. The molecule has 1 fully saturated rings. The minimum Gasteiger partial charge on any atom is -0.465 e. The molecule has 0 saturated carbocycles. The van der Waals surface area contributed by atoms with Crippen LogP contribution < -0.4 is 0 Å². The average molecular weight is 326 g/mol. The van der Waals surface area contributed by atoms with Crippen LogP contribution in [0.25, 0.3) is 0 Å². The Morgan fingerprint density at radius 2 is 1.78 bits per heavy atom. The van der Waals surface area contributed by atoms with Crippen LogP contribution in [0.4, 0.5) is 0 Å². The van der Waals surface area contributed by atoms with Crippen LogP contribution in [0.2, 0.25) is 0 Å². The van der Waals surface area contributed by atoms with Crippen LogP contribution >= 0.6 is 0 Å². The molecule has 1 aliphatic heterocycles. The van der Waals surface area contributed by atoms with E-state index in [0.29, 0.717) is 6.61 Å². The van der Waals surface area contributed by atoms with E-state index in [4.69, 9.17) is 14.2 Å². The standard InChI is InChI=1S/C19H34O4/c1-10-12(2)15-14(4)16(23-19(8,9)22-15)13(3)11-21-17(20)18(5,6)7/h10,12-16H,1,11H2,2-9H3/t12-,13-,14+,15-,16+/m0/s1. The highest BCUT2D eigenvalue weighted by Crippen LogP contribution is 2.37. The fourth-order valence-corrected chi connectivity index (χ4v) is 2.96. The highest BCUT2D eigenvalue weighted by molar-refractivity contribution is 5.75. The highest BCUT2D eigenvalue weighted by atomic mass is 16.7. The molecule has 4 nitrogen and oxygen atoms in total. The zero-order valence-electron chi connectivity index (χ0n) is 16.0. The van der Waals surface area contributed by atoms with Crippen LogP contribution in [-0.4, -0.2) is 30.6 Å². The molecule has 0 radical (unpaired) electrons. The van der Waals surface area contributed by atoms with Crippen molar-refractivity contribution < 1.29 is 19.0 Å². The van der Waals surface area contributed by atoms with Crippen LogP contribution in [0.5, 0.6) is 0 Å². The Bertz CT molecular complexity index is 422. The summed E-state index contributed by atoms with van der Waals surface area (Å²) in [7, 11) is 0. The topological polar surface area (TPSA) is 44.8 Å². The first kappa shape index (κ1) is 20.2. The molecular formula is C19H34O4. The molecule has 0 amide bonds. The van der Waals surface area contributed by atoms with Gasteiger partial charge in [0.1, 0.15) is 0 Å². The Balaban J connectivity index is 2.79. The van der Waals surface area contributed by atoms with E-state index in [9.17, 15) is 4.79 Å². The molecule has 0 N–H and O–H groups in total. The number of hydrogen-bond donors (Lipinski definition) is 0. The van der Waals surface area contributed by atoms with Crippen LogP contribution in [-0.2, 0) is 19.0 Å². The summed E-state index contributed by atoms with van der Waals surface area (Å²) in [6.07, 6.45) is 1.94. The first-order valence-corrected chi connectivity index (χ1v) is 8.54. The van der Waals surface area contributed by atoms with Gasteiger partial charge in [0, 0.05) is 17.8 Å². The maximum atomic E-state index is 12.0. The molecule has 0 aromatic carbocycles. The van der Waals surface area contributed by atoms with E-state index in [1.54, 1.807) is 0 Å². The summed E-state index contributed by atoms with van der Waals surface area (Å²) in [6, 6.07) is 0. The van der Waals surface area contributed by atoms with Crippen molar-refractivity contribution >= 4 is 5.97 Å². The van der Waals surface area contributed by atoms with Crippen molar-refractivity contribution in [2.75, 3.05) is 6.61 Å². The van der Waals surface area contributed by atoms with E-state index in [1.807, 2.05) is 40.7 Å². The second-order valence-corrected chi connectivity index (χ2v) is 8.34. The summed E-state index contributed by atoms with van der Waals surface area (Å²) in [6.45, 7) is 20.0. The number of ether oxygens (including phenoxy) is 3. The second-order valence-electron chi connectivity index (χ2n) is 8.34. The van der Waals surface area contributed by atoms with Crippen molar-refractivity contribution in [1.82, 2.24) is 0 Å². The molecule has 134 valence electrons. The number of carbonyl (C=O) groups excluding carboxylic acids is 1.